The molecule has 16 heavy (non-hydrogen) atoms. The Kier molecular flexibility index (Phi) is 5.97. The highest BCUT2D eigenvalue weighted by Crippen LogP contribution is 2.08. The van der Waals surface area contributed by atoms with Crippen LogP contribution in [0.15, 0.2) is 43.5 Å². The first kappa shape index (κ1) is 13.6. The minimum absolute atomic E-state index is 0.294. The van der Waals surface area contributed by atoms with Crippen molar-refractivity contribution in [3.63, 3.8) is 0 Å². The third-order valence-corrected chi connectivity index (χ3v) is 1.59. The van der Waals surface area contributed by atoms with Crippen molar-refractivity contribution in [3.05, 3.63) is 54.6 Å². The van der Waals surface area contributed by atoms with Gasteiger partial charge in [-0.1, -0.05) is 37.4 Å². The summed E-state index contributed by atoms with van der Waals surface area (Å²) in [7, 11) is 0. The van der Waals surface area contributed by atoms with Crippen molar-refractivity contribution in [2.24, 2.45) is 0 Å². The zero-order valence-electron chi connectivity index (χ0n) is 8.59. The Hall–Kier alpha value is -2.36. The lowest BCUT2D eigenvalue weighted by Gasteiger charge is -1.97. The Bertz CT molecular complexity index is 407. The summed E-state index contributed by atoms with van der Waals surface area (Å²) in [5.41, 5.74) is 0.947. The van der Waals surface area contributed by atoms with Crippen LogP contribution in [0.25, 0.3) is 6.08 Å². The monoisotopic (exact) mass is 220 g/mol. The van der Waals surface area contributed by atoms with E-state index in [4.69, 9.17) is 10.2 Å². The van der Waals surface area contributed by atoms with Crippen LogP contribution in [0, 0.1) is 0 Å². The number of hydrogen-bond acceptors (Lipinski definition) is 2. The second-order valence-corrected chi connectivity index (χ2v) is 2.64. The van der Waals surface area contributed by atoms with Crippen molar-refractivity contribution in [3.8, 4) is 0 Å². The Morgan fingerprint density at radius 1 is 1.12 bits per heavy atom. The van der Waals surface area contributed by atoms with E-state index in [2.05, 4.69) is 13.2 Å². The Balaban J connectivity index is 0.000000385. The molecule has 1 aromatic carbocycles. The van der Waals surface area contributed by atoms with Gasteiger partial charge in [-0.3, -0.25) is 0 Å². The van der Waals surface area contributed by atoms with Gasteiger partial charge in [0.15, 0.2) is 0 Å². The predicted octanol–water partition coefficient (Wildman–Crippen LogP) is 2.28. The molecule has 0 saturated carbocycles. The second kappa shape index (κ2) is 7.00. The highest BCUT2D eigenvalue weighted by atomic mass is 16.4. The lowest BCUT2D eigenvalue weighted by Crippen LogP contribution is -1.98. The lowest BCUT2D eigenvalue weighted by molar-refractivity contribution is -0.131. The van der Waals surface area contributed by atoms with E-state index >= 15 is 0 Å². The number of carbonyl (C=O) groups is 2. The van der Waals surface area contributed by atoms with E-state index in [9.17, 15) is 9.59 Å². The van der Waals surface area contributed by atoms with E-state index in [1.807, 2.05) is 0 Å². The molecule has 0 aliphatic carbocycles. The van der Waals surface area contributed by atoms with Crippen LogP contribution in [0.4, 0.5) is 0 Å². The van der Waals surface area contributed by atoms with Crippen molar-refractivity contribution < 1.29 is 19.8 Å². The third kappa shape index (κ3) is 4.76. The van der Waals surface area contributed by atoms with Crippen molar-refractivity contribution in [1.29, 1.82) is 0 Å². The van der Waals surface area contributed by atoms with Gasteiger partial charge < -0.3 is 10.2 Å². The maximum Gasteiger partial charge on any atom is 0.336 e. The van der Waals surface area contributed by atoms with Crippen LogP contribution in [-0.2, 0) is 4.79 Å². The number of carboxylic acid groups (broad SMARTS) is 2. The number of rotatable bonds is 3. The van der Waals surface area contributed by atoms with E-state index < -0.39 is 11.9 Å². The SMILES string of the molecule is C=CC(=O)O.C=Cc1ccccc1C(=O)O. The summed E-state index contributed by atoms with van der Waals surface area (Å²) in [5.74, 6) is -1.90. The summed E-state index contributed by atoms with van der Waals surface area (Å²) in [4.78, 5) is 19.8. The fourth-order valence-corrected chi connectivity index (χ4v) is 0.870. The maximum atomic E-state index is 10.5. The molecule has 0 aromatic heterocycles. The van der Waals surface area contributed by atoms with Crippen LogP contribution in [0.5, 0.6) is 0 Å². The van der Waals surface area contributed by atoms with Gasteiger partial charge in [0.2, 0.25) is 0 Å². The Labute approximate surface area is 93.2 Å². The summed E-state index contributed by atoms with van der Waals surface area (Å²) in [5, 5.41) is 16.3. The molecule has 4 nitrogen and oxygen atoms in total. The molecule has 2 N–H and O–H groups in total. The smallest absolute Gasteiger partial charge is 0.336 e. The fourth-order valence-electron chi connectivity index (χ4n) is 0.870. The van der Waals surface area contributed by atoms with Crippen LogP contribution in [0.1, 0.15) is 15.9 Å². The normalized spacial score (nSPS) is 8.25. The van der Waals surface area contributed by atoms with Crippen LogP contribution in [0.2, 0.25) is 0 Å². The highest BCUT2D eigenvalue weighted by molar-refractivity contribution is 5.91. The van der Waals surface area contributed by atoms with Crippen molar-refractivity contribution in [2.75, 3.05) is 0 Å². The average molecular weight is 220 g/mol. The molecular weight excluding hydrogens is 208 g/mol. The standard InChI is InChI=1S/C9H8O2.C3H4O2/c1-2-7-5-3-4-6-8(7)9(10)11;1-2-3(4)5/h2-6H,1H2,(H,10,11);2H,1H2,(H,4,5). The van der Waals surface area contributed by atoms with Crippen LogP contribution >= 0.6 is 0 Å². The first-order valence-corrected chi connectivity index (χ1v) is 4.33. The minimum Gasteiger partial charge on any atom is -0.478 e. The third-order valence-electron chi connectivity index (χ3n) is 1.59. The summed E-state index contributed by atoms with van der Waals surface area (Å²) in [6, 6.07) is 6.75. The molecule has 4 heteroatoms. The average Bonchev–Trinajstić information content (AvgIpc) is 2.29. The van der Waals surface area contributed by atoms with Crippen molar-refractivity contribution >= 4 is 18.0 Å². The first-order chi connectivity index (χ1) is 7.52. The van der Waals surface area contributed by atoms with Gasteiger partial charge in [0, 0.05) is 6.08 Å². The predicted molar refractivity (Wildman–Crippen MR) is 61.3 cm³/mol. The van der Waals surface area contributed by atoms with Gasteiger partial charge in [-0.05, 0) is 11.6 Å². The van der Waals surface area contributed by atoms with Gasteiger partial charge in [-0.15, -0.1) is 0 Å². The zero-order valence-corrected chi connectivity index (χ0v) is 8.59. The van der Waals surface area contributed by atoms with Gasteiger partial charge in [0.05, 0.1) is 5.56 Å². The van der Waals surface area contributed by atoms with Crippen LogP contribution in [-0.4, -0.2) is 22.2 Å². The van der Waals surface area contributed by atoms with Gasteiger partial charge >= 0.3 is 11.9 Å². The molecule has 1 aromatic rings. The second-order valence-electron chi connectivity index (χ2n) is 2.64. The molecule has 0 bridgehead atoms. The lowest BCUT2D eigenvalue weighted by atomic mass is 10.1. The molecule has 0 heterocycles. The molecule has 0 unspecified atom stereocenters. The molecule has 0 saturated heterocycles. The number of carboxylic acids is 2. The molecule has 1 rings (SSSR count). The number of aliphatic carboxylic acids is 1. The van der Waals surface area contributed by atoms with Gasteiger partial charge in [-0.25, -0.2) is 9.59 Å². The molecule has 84 valence electrons. The number of hydrogen-bond donors (Lipinski definition) is 2. The minimum atomic E-state index is -0.981. The van der Waals surface area contributed by atoms with E-state index in [1.165, 1.54) is 6.08 Å². The van der Waals surface area contributed by atoms with E-state index in [1.54, 1.807) is 24.3 Å². The Morgan fingerprint density at radius 2 is 1.62 bits per heavy atom. The van der Waals surface area contributed by atoms with E-state index in [-0.39, 0.29) is 0 Å². The van der Waals surface area contributed by atoms with Crippen molar-refractivity contribution in [2.45, 2.75) is 0 Å². The molecule has 0 fully saturated rings. The summed E-state index contributed by atoms with van der Waals surface area (Å²) in [6.45, 7) is 6.47. The molecular formula is C12H12O4. The number of benzene rings is 1. The summed E-state index contributed by atoms with van der Waals surface area (Å²) in [6.07, 6.45) is 2.36. The van der Waals surface area contributed by atoms with Gasteiger partial charge in [0.1, 0.15) is 0 Å². The maximum absolute atomic E-state index is 10.5. The topological polar surface area (TPSA) is 74.6 Å². The molecule has 0 radical (unpaired) electrons. The fraction of sp³-hybridized carbons (Fsp3) is 0. The van der Waals surface area contributed by atoms with Gasteiger partial charge in [0.25, 0.3) is 0 Å². The molecule has 0 amide bonds. The van der Waals surface area contributed by atoms with E-state index in [0.29, 0.717) is 11.1 Å². The largest absolute Gasteiger partial charge is 0.478 e. The molecule has 0 spiro atoms. The van der Waals surface area contributed by atoms with Crippen LogP contribution in [0.3, 0.4) is 0 Å². The van der Waals surface area contributed by atoms with Crippen LogP contribution < -0.4 is 0 Å². The molecule has 0 aliphatic heterocycles. The summed E-state index contributed by atoms with van der Waals surface area (Å²) < 4.78 is 0. The van der Waals surface area contributed by atoms with E-state index in [0.717, 1.165) is 6.08 Å². The quantitative estimate of drug-likeness (QED) is 0.766. The number of aromatic carboxylic acids is 1. The molecule has 0 atom stereocenters. The first-order valence-electron chi connectivity index (χ1n) is 4.33. The Morgan fingerprint density at radius 3 is 1.94 bits per heavy atom. The highest BCUT2D eigenvalue weighted by Gasteiger charge is 2.04. The van der Waals surface area contributed by atoms with Crippen molar-refractivity contribution in [1.82, 2.24) is 0 Å². The van der Waals surface area contributed by atoms with Gasteiger partial charge in [-0.2, -0.15) is 0 Å². The zero-order chi connectivity index (χ0) is 12.6. The summed E-state index contributed by atoms with van der Waals surface area (Å²) >= 11 is 0. The molecule has 0 aliphatic rings.